The van der Waals surface area contributed by atoms with Gasteiger partial charge in [-0.25, -0.2) is 4.79 Å². The number of carboxylic acid groups (broad SMARTS) is 1. The van der Waals surface area contributed by atoms with Crippen LogP contribution in [-0.4, -0.2) is 28.7 Å². The molecule has 3 N–H and O–H groups in total. The Kier molecular flexibility index (Phi) is 6.06. The molecule has 0 heterocycles. The Morgan fingerprint density at radius 2 is 1.83 bits per heavy atom. The van der Waals surface area contributed by atoms with Crippen molar-refractivity contribution in [2.45, 2.75) is 64.0 Å². The van der Waals surface area contributed by atoms with Crippen LogP contribution in [0.3, 0.4) is 0 Å². The van der Waals surface area contributed by atoms with Gasteiger partial charge in [0, 0.05) is 17.6 Å². The molecule has 0 aliphatic heterocycles. The fourth-order valence-electron chi connectivity index (χ4n) is 2.77. The van der Waals surface area contributed by atoms with Crippen molar-refractivity contribution in [3.63, 3.8) is 0 Å². The Morgan fingerprint density at radius 3 is 2.42 bits per heavy atom. The van der Waals surface area contributed by atoms with Gasteiger partial charge in [-0.15, -0.1) is 0 Å². The van der Waals surface area contributed by atoms with E-state index >= 15 is 0 Å². The number of hydrogen-bond donors (Lipinski definition) is 3. The van der Waals surface area contributed by atoms with E-state index in [9.17, 15) is 9.59 Å². The summed E-state index contributed by atoms with van der Waals surface area (Å²) in [5.41, 5.74) is 0.0777. The van der Waals surface area contributed by atoms with Gasteiger partial charge in [0.2, 0.25) is 0 Å². The number of aliphatic carboxylic acids is 1. The van der Waals surface area contributed by atoms with E-state index in [0.29, 0.717) is 18.2 Å². The number of carboxylic acids is 1. The molecular formula is C18H26N2O4. The normalized spacial score (nSPS) is 15.1. The third-order valence-corrected chi connectivity index (χ3v) is 4.13. The van der Waals surface area contributed by atoms with Gasteiger partial charge in [-0.2, -0.15) is 0 Å². The Bertz CT molecular complexity index is 563. The largest absolute Gasteiger partial charge is 0.490 e. The van der Waals surface area contributed by atoms with Crippen molar-refractivity contribution >= 4 is 17.7 Å². The summed E-state index contributed by atoms with van der Waals surface area (Å²) >= 11 is 0. The van der Waals surface area contributed by atoms with Gasteiger partial charge in [-0.1, -0.05) is 0 Å². The Hall–Kier alpha value is -2.24. The molecule has 0 unspecified atom stereocenters. The van der Waals surface area contributed by atoms with Crippen molar-refractivity contribution in [1.82, 2.24) is 5.32 Å². The first-order valence-corrected chi connectivity index (χ1v) is 8.42. The van der Waals surface area contributed by atoms with Crippen LogP contribution in [0, 0.1) is 0 Å². The van der Waals surface area contributed by atoms with Crippen LogP contribution in [0.2, 0.25) is 0 Å². The lowest BCUT2D eigenvalue weighted by molar-refractivity contribution is -0.137. The summed E-state index contributed by atoms with van der Waals surface area (Å²) in [6.07, 6.45) is 5.35. The average molecular weight is 334 g/mol. The highest BCUT2D eigenvalue weighted by Gasteiger charge is 2.21. The molecule has 0 aromatic heterocycles. The molecule has 6 heteroatoms. The van der Waals surface area contributed by atoms with Crippen molar-refractivity contribution in [1.29, 1.82) is 0 Å². The van der Waals surface area contributed by atoms with Gasteiger partial charge in [0.05, 0.1) is 6.10 Å². The molecule has 1 saturated carbocycles. The minimum Gasteiger partial charge on any atom is -0.490 e. The van der Waals surface area contributed by atoms with Crippen LogP contribution < -0.4 is 15.4 Å². The summed E-state index contributed by atoms with van der Waals surface area (Å²) in [6, 6.07) is 6.95. The van der Waals surface area contributed by atoms with Gasteiger partial charge in [0.15, 0.2) is 0 Å². The average Bonchev–Trinajstić information content (AvgIpc) is 3.00. The van der Waals surface area contributed by atoms with Crippen molar-refractivity contribution in [2.75, 3.05) is 5.32 Å². The Labute approximate surface area is 142 Å². The summed E-state index contributed by atoms with van der Waals surface area (Å²) in [4.78, 5) is 22.7. The van der Waals surface area contributed by atoms with Crippen LogP contribution in [0.4, 0.5) is 10.5 Å². The fraction of sp³-hybridized carbons (Fsp3) is 0.556. The molecule has 2 amide bonds. The maximum Gasteiger partial charge on any atom is 0.319 e. The van der Waals surface area contributed by atoms with Crippen LogP contribution in [0.25, 0.3) is 0 Å². The van der Waals surface area contributed by atoms with Gasteiger partial charge in [0.25, 0.3) is 0 Å². The SMILES string of the molecule is CC(C)(CCC(=O)O)NC(=O)Nc1ccc(OC2CCCC2)cc1. The van der Waals surface area contributed by atoms with Crippen LogP contribution >= 0.6 is 0 Å². The number of anilines is 1. The van der Waals surface area contributed by atoms with E-state index in [1.807, 2.05) is 12.1 Å². The number of carbonyl (C=O) groups excluding carboxylic acids is 1. The van der Waals surface area contributed by atoms with Crippen LogP contribution in [0.5, 0.6) is 5.75 Å². The van der Waals surface area contributed by atoms with Gasteiger partial charge < -0.3 is 20.5 Å². The van der Waals surface area contributed by atoms with Crippen molar-refractivity contribution < 1.29 is 19.4 Å². The maximum atomic E-state index is 12.0. The number of ether oxygens (including phenoxy) is 1. The van der Waals surface area contributed by atoms with Crippen LogP contribution in [0.15, 0.2) is 24.3 Å². The lowest BCUT2D eigenvalue weighted by Gasteiger charge is -2.25. The van der Waals surface area contributed by atoms with Gasteiger partial charge in [-0.05, 0) is 70.2 Å². The summed E-state index contributed by atoms with van der Waals surface area (Å²) < 4.78 is 5.89. The van der Waals surface area contributed by atoms with E-state index in [-0.39, 0.29) is 12.5 Å². The smallest absolute Gasteiger partial charge is 0.319 e. The molecule has 1 fully saturated rings. The number of rotatable bonds is 7. The lowest BCUT2D eigenvalue weighted by Crippen LogP contribution is -2.45. The zero-order valence-corrected chi connectivity index (χ0v) is 14.3. The lowest BCUT2D eigenvalue weighted by atomic mass is 9.99. The molecule has 1 aromatic carbocycles. The Morgan fingerprint density at radius 1 is 1.21 bits per heavy atom. The van der Waals surface area contributed by atoms with Gasteiger partial charge in [-0.3, -0.25) is 4.79 Å². The maximum absolute atomic E-state index is 12.0. The molecule has 6 nitrogen and oxygen atoms in total. The first-order valence-electron chi connectivity index (χ1n) is 8.42. The highest BCUT2D eigenvalue weighted by atomic mass is 16.5. The van der Waals surface area contributed by atoms with Crippen molar-refractivity contribution in [3.8, 4) is 5.75 Å². The second-order valence-corrected chi connectivity index (χ2v) is 6.91. The van der Waals surface area contributed by atoms with Crippen molar-refractivity contribution in [3.05, 3.63) is 24.3 Å². The molecule has 2 rings (SSSR count). The monoisotopic (exact) mass is 334 g/mol. The quantitative estimate of drug-likeness (QED) is 0.708. The second-order valence-electron chi connectivity index (χ2n) is 6.91. The summed E-state index contributed by atoms with van der Waals surface area (Å²) in [6.45, 7) is 3.60. The molecule has 0 radical (unpaired) electrons. The summed E-state index contributed by atoms with van der Waals surface area (Å²) in [7, 11) is 0. The highest BCUT2D eigenvalue weighted by molar-refractivity contribution is 5.89. The topological polar surface area (TPSA) is 87.7 Å². The number of carbonyl (C=O) groups is 2. The molecule has 132 valence electrons. The van der Waals surface area contributed by atoms with Crippen LogP contribution in [0.1, 0.15) is 52.4 Å². The molecule has 1 aliphatic carbocycles. The van der Waals surface area contributed by atoms with E-state index in [1.54, 1.807) is 26.0 Å². The van der Waals surface area contributed by atoms with E-state index in [4.69, 9.17) is 9.84 Å². The minimum absolute atomic E-state index is 0.0144. The third-order valence-electron chi connectivity index (χ3n) is 4.13. The van der Waals surface area contributed by atoms with E-state index in [0.717, 1.165) is 18.6 Å². The number of amides is 2. The predicted octanol–water partition coefficient (Wildman–Crippen LogP) is 3.77. The number of hydrogen-bond acceptors (Lipinski definition) is 3. The second kappa shape index (κ2) is 8.04. The molecule has 0 bridgehead atoms. The molecular weight excluding hydrogens is 308 g/mol. The highest BCUT2D eigenvalue weighted by Crippen LogP contribution is 2.25. The predicted molar refractivity (Wildman–Crippen MR) is 92.4 cm³/mol. The molecule has 24 heavy (non-hydrogen) atoms. The van der Waals surface area contributed by atoms with E-state index in [1.165, 1.54) is 12.8 Å². The summed E-state index contributed by atoms with van der Waals surface area (Å²) in [5.74, 6) is -0.0576. The zero-order valence-electron chi connectivity index (χ0n) is 14.3. The number of urea groups is 1. The third kappa shape index (κ3) is 6.10. The first-order chi connectivity index (χ1) is 11.3. The number of benzene rings is 1. The van der Waals surface area contributed by atoms with Crippen LogP contribution in [-0.2, 0) is 4.79 Å². The molecule has 0 atom stereocenters. The zero-order chi connectivity index (χ0) is 17.6. The van der Waals surface area contributed by atoms with E-state index < -0.39 is 11.5 Å². The fourth-order valence-corrected chi connectivity index (χ4v) is 2.77. The standard InChI is InChI=1S/C18H26N2O4/c1-18(2,12-11-16(21)22)20-17(23)19-13-7-9-15(10-8-13)24-14-5-3-4-6-14/h7-10,14H,3-6,11-12H2,1-2H3,(H,21,22)(H2,19,20,23). The van der Waals surface area contributed by atoms with E-state index in [2.05, 4.69) is 10.6 Å². The molecule has 0 spiro atoms. The summed E-state index contributed by atoms with van der Waals surface area (Å²) in [5, 5.41) is 14.3. The first kappa shape index (κ1) is 18.1. The van der Waals surface area contributed by atoms with Gasteiger partial charge >= 0.3 is 12.0 Å². The van der Waals surface area contributed by atoms with Crippen molar-refractivity contribution in [2.24, 2.45) is 0 Å². The molecule has 1 aromatic rings. The molecule has 1 aliphatic rings. The Balaban J connectivity index is 1.81. The van der Waals surface area contributed by atoms with Gasteiger partial charge in [0.1, 0.15) is 5.75 Å². The minimum atomic E-state index is -0.872. The number of nitrogens with one attached hydrogen (secondary N) is 2. The molecule has 0 saturated heterocycles.